The first kappa shape index (κ1) is 13.9. The van der Waals surface area contributed by atoms with E-state index < -0.39 is 20.7 Å². The molecule has 16 heavy (non-hydrogen) atoms. The Bertz CT molecular complexity index is 177. The number of aliphatic hydroxyl groups is 2. The van der Waals surface area contributed by atoms with Crippen molar-refractivity contribution in [1.29, 1.82) is 0 Å². The summed E-state index contributed by atoms with van der Waals surface area (Å²) in [5.41, 5.74) is 0. The Morgan fingerprint density at radius 1 is 1.00 bits per heavy atom. The summed E-state index contributed by atoms with van der Waals surface area (Å²) in [7, 11) is -2.27. The van der Waals surface area contributed by atoms with E-state index in [0.717, 1.165) is 0 Å². The average molecular weight is 236 g/mol. The molecule has 2 aliphatic heterocycles. The van der Waals surface area contributed by atoms with Crippen LogP contribution in [0.15, 0.2) is 0 Å². The molecule has 0 bridgehead atoms. The molecule has 2 fully saturated rings. The van der Waals surface area contributed by atoms with Crippen LogP contribution in [0.3, 0.4) is 0 Å². The van der Waals surface area contributed by atoms with Gasteiger partial charge in [0.25, 0.3) is 0 Å². The molecule has 0 aromatic rings. The Hall–Kier alpha value is -0.190. The molecule has 0 amide bonds. The first-order chi connectivity index (χ1) is 7.61. The maximum absolute atomic E-state index is 8.67. The van der Waals surface area contributed by atoms with Crippen molar-refractivity contribution >= 4 is 14.6 Å². The van der Waals surface area contributed by atoms with Gasteiger partial charge in [0.2, 0.25) is 0 Å². The smallest absolute Gasteiger partial charge is 0.402 e. The van der Waals surface area contributed by atoms with Gasteiger partial charge < -0.3 is 38.9 Å². The van der Waals surface area contributed by atoms with Crippen LogP contribution in [0.4, 0.5) is 0 Å². The van der Waals surface area contributed by atoms with Crippen LogP contribution in [-0.4, -0.2) is 73.5 Å². The van der Waals surface area contributed by atoms with Gasteiger partial charge in [0.1, 0.15) is 0 Å². The molecule has 2 aliphatic rings. The fraction of sp³-hybridized carbons (Fsp3) is 1.00. The van der Waals surface area contributed by atoms with E-state index in [1.54, 1.807) is 0 Å². The molecule has 8 nitrogen and oxygen atoms in total. The van der Waals surface area contributed by atoms with Gasteiger partial charge in [-0.05, 0) is 0 Å². The van der Waals surface area contributed by atoms with E-state index in [4.69, 9.17) is 20.3 Å². The first-order valence-corrected chi connectivity index (χ1v) is 4.77. The molecule has 0 spiro atoms. The van der Waals surface area contributed by atoms with Crippen molar-refractivity contribution in [3.63, 3.8) is 0 Å². The summed E-state index contributed by atoms with van der Waals surface area (Å²) in [5.74, 6) is 0. The summed E-state index contributed by atoms with van der Waals surface area (Å²) in [6.07, 6.45) is -0.927. The fourth-order valence-corrected chi connectivity index (χ4v) is 1.01. The minimum Gasteiger partial charge on any atom is -0.402 e. The van der Waals surface area contributed by atoms with Crippen LogP contribution in [-0.2, 0) is 18.6 Å². The van der Waals surface area contributed by atoms with E-state index >= 15 is 0 Å². The third-order valence-electron chi connectivity index (χ3n) is 1.80. The molecule has 0 radical (unpaired) electrons. The topological polar surface area (TPSA) is 118 Å². The lowest BCUT2D eigenvalue weighted by atomic mass is 10.2. The lowest BCUT2D eigenvalue weighted by Crippen LogP contribution is -2.38. The summed E-state index contributed by atoms with van der Waals surface area (Å²) >= 11 is 0. The zero-order valence-electron chi connectivity index (χ0n) is 8.56. The Morgan fingerprint density at radius 3 is 1.88 bits per heavy atom. The predicted octanol–water partition coefficient (Wildman–Crippen LogP) is -3.26. The van der Waals surface area contributed by atoms with Crippen molar-refractivity contribution in [2.24, 2.45) is 0 Å². The van der Waals surface area contributed by atoms with E-state index in [9.17, 15) is 0 Å². The second kappa shape index (κ2) is 7.20. The van der Waals surface area contributed by atoms with E-state index in [1.165, 1.54) is 0 Å². The van der Waals surface area contributed by atoms with Crippen LogP contribution in [0.5, 0.6) is 0 Å². The number of rotatable bonds is 1. The molecule has 2 rings (SSSR count). The molecule has 4 N–H and O–H groups in total. The van der Waals surface area contributed by atoms with Crippen molar-refractivity contribution < 1.29 is 38.9 Å². The van der Waals surface area contributed by atoms with Gasteiger partial charge in [0.05, 0.1) is 38.6 Å². The maximum Gasteiger partial charge on any atom is 0.637 e. The summed E-state index contributed by atoms with van der Waals surface area (Å²) in [6.45, 7) is 0.483. The summed E-state index contributed by atoms with van der Waals surface area (Å²) in [5, 5.41) is 34.0. The lowest BCUT2D eigenvalue weighted by Gasteiger charge is -2.18. The van der Waals surface area contributed by atoms with Crippen LogP contribution < -0.4 is 0 Å². The Labute approximate surface area is 93.0 Å². The Morgan fingerprint density at radius 2 is 1.56 bits per heavy atom. The lowest BCUT2D eigenvalue weighted by molar-refractivity contribution is -0.0190. The second-order valence-electron chi connectivity index (χ2n) is 3.21. The van der Waals surface area contributed by atoms with Crippen LogP contribution in [0.25, 0.3) is 0 Å². The fourth-order valence-electron chi connectivity index (χ4n) is 1.01. The minimum absolute atomic E-state index is 0.100. The minimum atomic E-state index is -1.14. The highest BCUT2D eigenvalue weighted by Gasteiger charge is 2.29. The molecule has 2 heterocycles. The number of hydrogen-bond donors (Lipinski definition) is 4. The SMILES string of the molecule is OB1OCC(O)CO1.OCC1COB(O)O1. The molecule has 0 aliphatic carbocycles. The van der Waals surface area contributed by atoms with Crippen molar-refractivity contribution in [1.82, 2.24) is 0 Å². The van der Waals surface area contributed by atoms with Crippen molar-refractivity contribution in [2.45, 2.75) is 12.2 Å². The normalized spacial score (nSPS) is 26.6. The largest absolute Gasteiger partial charge is 0.637 e. The Kier molecular flexibility index (Phi) is 6.24. The van der Waals surface area contributed by atoms with E-state index in [0.29, 0.717) is 0 Å². The average Bonchev–Trinajstić information content (AvgIpc) is 2.70. The van der Waals surface area contributed by atoms with Crippen molar-refractivity contribution in [2.75, 3.05) is 26.4 Å². The molecule has 0 aromatic carbocycles. The van der Waals surface area contributed by atoms with Crippen molar-refractivity contribution in [3.8, 4) is 0 Å². The molecule has 0 aromatic heterocycles. The second-order valence-corrected chi connectivity index (χ2v) is 3.21. The molecule has 1 unspecified atom stereocenters. The van der Waals surface area contributed by atoms with Gasteiger partial charge in [-0.25, -0.2) is 0 Å². The van der Waals surface area contributed by atoms with Gasteiger partial charge in [0, 0.05) is 0 Å². The quantitative estimate of drug-likeness (QED) is 0.350. The van der Waals surface area contributed by atoms with E-state index in [-0.39, 0.29) is 32.5 Å². The predicted molar refractivity (Wildman–Crippen MR) is 51.8 cm³/mol. The maximum atomic E-state index is 8.67. The highest BCUT2D eigenvalue weighted by Crippen LogP contribution is 2.03. The van der Waals surface area contributed by atoms with Gasteiger partial charge in [-0.2, -0.15) is 0 Å². The zero-order chi connectivity index (χ0) is 12.0. The van der Waals surface area contributed by atoms with Crippen LogP contribution in [0, 0.1) is 0 Å². The molecule has 2 saturated heterocycles. The zero-order valence-corrected chi connectivity index (χ0v) is 8.56. The van der Waals surface area contributed by atoms with E-state index in [2.05, 4.69) is 18.6 Å². The third kappa shape index (κ3) is 5.23. The summed E-state index contributed by atoms with van der Waals surface area (Å²) in [4.78, 5) is 0. The first-order valence-electron chi connectivity index (χ1n) is 4.77. The monoisotopic (exact) mass is 236 g/mol. The number of hydrogen-bond acceptors (Lipinski definition) is 8. The molecular weight excluding hydrogens is 222 g/mol. The molecule has 0 saturated carbocycles. The van der Waals surface area contributed by atoms with Gasteiger partial charge in [-0.3, -0.25) is 0 Å². The van der Waals surface area contributed by atoms with Crippen LogP contribution in [0.2, 0.25) is 0 Å². The molecule has 10 heteroatoms. The molecular formula is C6H14B2O8. The van der Waals surface area contributed by atoms with Crippen LogP contribution in [0.1, 0.15) is 0 Å². The highest BCUT2D eigenvalue weighted by molar-refractivity contribution is 6.35. The summed E-state index contributed by atoms with van der Waals surface area (Å²) in [6, 6.07) is 0. The van der Waals surface area contributed by atoms with Gasteiger partial charge in [-0.15, -0.1) is 0 Å². The molecule has 1 atom stereocenters. The number of aliphatic hydroxyl groups excluding tert-OH is 2. The Balaban J connectivity index is 0.000000160. The van der Waals surface area contributed by atoms with Gasteiger partial charge in [-0.1, -0.05) is 0 Å². The third-order valence-corrected chi connectivity index (χ3v) is 1.80. The highest BCUT2D eigenvalue weighted by atomic mass is 16.7. The van der Waals surface area contributed by atoms with E-state index in [1.807, 2.05) is 0 Å². The molecule has 92 valence electrons. The van der Waals surface area contributed by atoms with Crippen LogP contribution >= 0.6 is 0 Å². The van der Waals surface area contributed by atoms with Crippen molar-refractivity contribution in [3.05, 3.63) is 0 Å². The van der Waals surface area contributed by atoms with Gasteiger partial charge >= 0.3 is 14.6 Å². The standard InChI is InChI=1S/2C3H7BO4/c5-3-1-7-4(6)8-2-3;5-1-3-2-7-4(6)8-3/h2*3,5-6H,1-2H2. The van der Waals surface area contributed by atoms with Gasteiger partial charge in [0.15, 0.2) is 0 Å². The summed E-state index contributed by atoms with van der Waals surface area (Å²) < 4.78 is 18.1.